The molecule has 1 aliphatic heterocycles. The van der Waals surface area contributed by atoms with Crippen molar-refractivity contribution in [3.05, 3.63) is 29.6 Å². The topological polar surface area (TPSA) is 53.4 Å². The zero-order chi connectivity index (χ0) is 13.9. The Hall–Kier alpha value is -1.42. The third-order valence-corrected chi connectivity index (χ3v) is 4.40. The van der Waals surface area contributed by atoms with Crippen molar-refractivity contribution in [2.24, 2.45) is 5.41 Å². The molecule has 0 spiro atoms. The van der Waals surface area contributed by atoms with E-state index in [2.05, 4.69) is 23.7 Å². The molecule has 1 fully saturated rings. The first-order chi connectivity index (χ1) is 9.04. The van der Waals surface area contributed by atoms with Crippen LogP contribution in [-0.2, 0) is 6.54 Å². The number of hydrogen-bond donors (Lipinski definition) is 1. The highest BCUT2D eigenvalue weighted by Gasteiger charge is 2.28. The van der Waals surface area contributed by atoms with Crippen LogP contribution in [0.3, 0.4) is 0 Å². The van der Waals surface area contributed by atoms with Crippen molar-refractivity contribution in [1.29, 1.82) is 0 Å². The summed E-state index contributed by atoms with van der Waals surface area (Å²) in [7, 11) is 0. The van der Waals surface area contributed by atoms with Crippen LogP contribution < -0.4 is 0 Å². The quantitative estimate of drug-likeness (QED) is 0.906. The fourth-order valence-electron chi connectivity index (χ4n) is 2.60. The molecule has 104 valence electrons. The molecule has 1 saturated heterocycles. The van der Waals surface area contributed by atoms with Gasteiger partial charge in [-0.2, -0.15) is 0 Å². The molecule has 0 saturated carbocycles. The van der Waals surface area contributed by atoms with Gasteiger partial charge in [0.2, 0.25) is 0 Å². The Labute approximate surface area is 114 Å². The number of aromatic nitrogens is 1. The largest absolute Gasteiger partial charge is 0.477 e. The van der Waals surface area contributed by atoms with Crippen molar-refractivity contribution in [2.75, 3.05) is 13.1 Å². The van der Waals surface area contributed by atoms with Crippen LogP contribution >= 0.6 is 0 Å². The van der Waals surface area contributed by atoms with E-state index in [1.807, 2.05) is 12.1 Å². The number of rotatable bonds is 4. The number of hydrogen-bond acceptors (Lipinski definition) is 3. The zero-order valence-corrected chi connectivity index (χ0v) is 11.7. The predicted molar refractivity (Wildman–Crippen MR) is 74.1 cm³/mol. The summed E-state index contributed by atoms with van der Waals surface area (Å²) >= 11 is 0. The summed E-state index contributed by atoms with van der Waals surface area (Å²) in [6.07, 6.45) is 5.13. The molecule has 19 heavy (non-hydrogen) atoms. The van der Waals surface area contributed by atoms with E-state index in [9.17, 15) is 4.79 Å². The van der Waals surface area contributed by atoms with Gasteiger partial charge >= 0.3 is 5.97 Å². The highest BCUT2D eigenvalue weighted by atomic mass is 16.4. The Morgan fingerprint density at radius 3 is 2.74 bits per heavy atom. The molecule has 0 radical (unpaired) electrons. The fourth-order valence-corrected chi connectivity index (χ4v) is 2.60. The first kappa shape index (κ1) is 14.0. The third-order valence-electron chi connectivity index (χ3n) is 4.40. The van der Waals surface area contributed by atoms with Gasteiger partial charge in [-0.15, -0.1) is 0 Å². The molecule has 0 bridgehead atoms. The van der Waals surface area contributed by atoms with E-state index in [-0.39, 0.29) is 5.69 Å². The number of carbonyl (C=O) groups is 1. The van der Waals surface area contributed by atoms with Gasteiger partial charge in [-0.1, -0.05) is 26.3 Å². The number of likely N-dealkylation sites (tertiary alicyclic amines) is 1. The van der Waals surface area contributed by atoms with Crippen molar-refractivity contribution in [2.45, 2.75) is 39.7 Å². The molecular weight excluding hydrogens is 240 g/mol. The molecule has 0 aromatic carbocycles. The normalized spacial score (nSPS) is 19.3. The second kappa shape index (κ2) is 5.70. The summed E-state index contributed by atoms with van der Waals surface area (Å²) in [5, 5.41) is 9.14. The molecule has 0 aliphatic carbocycles. The summed E-state index contributed by atoms with van der Waals surface area (Å²) in [4.78, 5) is 17.4. The van der Waals surface area contributed by atoms with Gasteiger partial charge < -0.3 is 5.11 Å². The van der Waals surface area contributed by atoms with Crippen LogP contribution in [0.4, 0.5) is 0 Å². The maximum absolute atomic E-state index is 11.1. The molecule has 2 rings (SSSR count). The molecule has 0 amide bonds. The first-order valence-corrected chi connectivity index (χ1v) is 6.93. The Bertz CT molecular complexity index is 451. The van der Waals surface area contributed by atoms with Crippen LogP contribution in [0, 0.1) is 5.41 Å². The lowest BCUT2D eigenvalue weighted by atomic mass is 9.78. The van der Waals surface area contributed by atoms with Crippen LogP contribution in [-0.4, -0.2) is 34.0 Å². The van der Waals surface area contributed by atoms with Gasteiger partial charge in [0.05, 0.1) is 0 Å². The molecule has 4 nitrogen and oxygen atoms in total. The Morgan fingerprint density at radius 2 is 2.16 bits per heavy atom. The van der Waals surface area contributed by atoms with Gasteiger partial charge in [-0.3, -0.25) is 4.90 Å². The Kier molecular flexibility index (Phi) is 4.20. The maximum Gasteiger partial charge on any atom is 0.354 e. The SMILES string of the molecule is CCC1(C)CCN(Cc2cccnc2C(=O)O)CC1. The van der Waals surface area contributed by atoms with E-state index in [0.717, 1.165) is 18.7 Å². The van der Waals surface area contributed by atoms with Gasteiger partial charge in [0.15, 0.2) is 5.69 Å². The standard InChI is InChI=1S/C15H22N2O2/c1-3-15(2)6-9-17(10-7-15)11-12-5-4-8-16-13(12)14(18)19/h4-5,8H,3,6-7,9-11H2,1-2H3,(H,18,19). The smallest absolute Gasteiger partial charge is 0.354 e. The molecule has 0 unspecified atom stereocenters. The Balaban J connectivity index is 2.02. The number of aromatic carboxylic acids is 1. The second-order valence-corrected chi connectivity index (χ2v) is 5.76. The minimum atomic E-state index is -0.939. The average Bonchev–Trinajstić information content (AvgIpc) is 2.42. The van der Waals surface area contributed by atoms with E-state index in [1.165, 1.54) is 25.5 Å². The summed E-state index contributed by atoms with van der Waals surface area (Å²) in [6.45, 7) is 7.36. The molecule has 1 aromatic rings. The van der Waals surface area contributed by atoms with E-state index in [4.69, 9.17) is 5.11 Å². The minimum Gasteiger partial charge on any atom is -0.477 e. The van der Waals surface area contributed by atoms with Gasteiger partial charge in [0.1, 0.15) is 0 Å². The van der Waals surface area contributed by atoms with E-state index < -0.39 is 5.97 Å². The summed E-state index contributed by atoms with van der Waals surface area (Å²) in [5.41, 5.74) is 1.46. The highest BCUT2D eigenvalue weighted by Crippen LogP contribution is 2.34. The predicted octanol–water partition coefficient (Wildman–Crippen LogP) is 2.79. The van der Waals surface area contributed by atoms with Gasteiger partial charge in [0.25, 0.3) is 0 Å². The van der Waals surface area contributed by atoms with Gasteiger partial charge in [0, 0.05) is 12.7 Å². The van der Waals surface area contributed by atoms with Crippen molar-refractivity contribution in [1.82, 2.24) is 9.88 Å². The average molecular weight is 262 g/mol. The van der Waals surface area contributed by atoms with Gasteiger partial charge in [-0.05, 0) is 43.0 Å². The van der Waals surface area contributed by atoms with Crippen LogP contribution in [0.1, 0.15) is 49.2 Å². The number of carboxylic acids is 1. The number of nitrogens with zero attached hydrogens (tertiary/aromatic N) is 2. The van der Waals surface area contributed by atoms with E-state index in [0.29, 0.717) is 12.0 Å². The first-order valence-electron chi connectivity index (χ1n) is 6.93. The monoisotopic (exact) mass is 262 g/mol. The van der Waals surface area contributed by atoms with E-state index in [1.54, 1.807) is 0 Å². The molecule has 2 heterocycles. The highest BCUT2D eigenvalue weighted by molar-refractivity contribution is 5.86. The molecule has 4 heteroatoms. The van der Waals surface area contributed by atoms with Crippen molar-refractivity contribution >= 4 is 5.97 Å². The zero-order valence-electron chi connectivity index (χ0n) is 11.7. The molecule has 0 atom stereocenters. The second-order valence-electron chi connectivity index (χ2n) is 5.76. The third kappa shape index (κ3) is 3.32. The fraction of sp³-hybridized carbons (Fsp3) is 0.600. The van der Waals surface area contributed by atoms with Crippen molar-refractivity contribution in [3.8, 4) is 0 Å². The summed E-state index contributed by atoms with van der Waals surface area (Å²) in [6, 6.07) is 3.67. The van der Waals surface area contributed by atoms with E-state index >= 15 is 0 Å². The van der Waals surface area contributed by atoms with Crippen LogP contribution in [0.2, 0.25) is 0 Å². The summed E-state index contributed by atoms with van der Waals surface area (Å²) < 4.78 is 0. The van der Waals surface area contributed by atoms with Crippen LogP contribution in [0.5, 0.6) is 0 Å². The molecule has 1 aliphatic rings. The lowest BCUT2D eigenvalue weighted by Gasteiger charge is -2.39. The van der Waals surface area contributed by atoms with Crippen molar-refractivity contribution < 1.29 is 9.90 Å². The molecule has 1 aromatic heterocycles. The van der Waals surface area contributed by atoms with Crippen LogP contribution in [0.25, 0.3) is 0 Å². The number of pyridine rings is 1. The van der Waals surface area contributed by atoms with Gasteiger partial charge in [-0.25, -0.2) is 9.78 Å². The Morgan fingerprint density at radius 1 is 1.47 bits per heavy atom. The summed E-state index contributed by atoms with van der Waals surface area (Å²) in [5.74, 6) is -0.939. The lowest BCUT2D eigenvalue weighted by Crippen LogP contribution is -2.38. The molecule has 1 N–H and O–H groups in total. The minimum absolute atomic E-state index is 0.186. The lowest BCUT2D eigenvalue weighted by molar-refractivity contribution is 0.0684. The van der Waals surface area contributed by atoms with Crippen molar-refractivity contribution in [3.63, 3.8) is 0 Å². The number of carboxylic acid groups (broad SMARTS) is 1. The molecular formula is C15H22N2O2. The number of piperidine rings is 1. The van der Waals surface area contributed by atoms with Crippen LogP contribution in [0.15, 0.2) is 18.3 Å². The maximum atomic E-state index is 11.1.